The van der Waals surface area contributed by atoms with Crippen LogP contribution in [0.3, 0.4) is 0 Å². The number of pyridine rings is 1. The highest BCUT2D eigenvalue weighted by atomic mass is 16.5. The minimum atomic E-state index is -0.428. The van der Waals surface area contributed by atoms with Gasteiger partial charge in [-0.3, -0.25) is 4.98 Å². The number of benzene rings is 1. The lowest BCUT2D eigenvalue weighted by Gasteiger charge is -2.06. The summed E-state index contributed by atoms with van der Waals surface area (Å²) in [5.74, 6) is -0.428. The predicted molar refractivity (Wildman–Crippen MR) is 73.5 cm³/mol. The van der Waals surface area contributed by atoms with Gasteiger partial charge in [0.05, 0.1) is 12.2 Å². The molecule has 1 aromatic carbocycles. The molecule has 0 saturated heterocycles. The van der Waals surface area contributed by atoms with Crippen molar-refractivity contribution in [2.45, 2.75) is 6.42 Å². The number of aromatic nitrogens is 1. The number of anilines is 2. The average molecular weight is 257 g/mol. The number of nitrogens with two attached hydrogens (primary N) is 2. The zero-order valence-electron chi connectivity index (χ0n) is 10.4. The van der Waals surface area contributed by atoms with Gasteiger partial charge in [0.2, 0.25) is 0 Å². The summed E-state index contributed by atoms with van der Waals surface area (Å²) in [4.78, 5) is 15.8. The molecule has 2 aromatic rings. The Hall–Kier alpha value is -2.56. The smallest absolute Gasteiger partial charge is 0.338 e. The lowest BCUT2D eigenvalue weighted by atomic mass is 10.2. The Balaban J connectivity index is 1.91. The Morgan fingerprint density at radius 1 is 1.21 bits per heavy atom. The molecule has 0 amide bonds. The third-order valence-electron chi connectivity index (χ3n) is 2.56. The number of ether oxygens (including phenoxy) is 1. The van der Waals surface area contributed by atoms with E-state index in [1.807, 2.05) is 12.1 Å². The van der Waals surface area contributed by atoms with Crippen molar-refractivity contribution in [1.82, 2.24) is 4.98 Å². The molecule has 0 unspecified atom stereocenters. The zero-order valence-corrected chi connectivity index (χ0v) is 10.4. The summed E-state index contributed by atoms with van der Waals surface area (Å²) in [6.45, 7) is 0.291. The topological polar surface area (TPSA) is 91.2 Å². The maximum Gasteiger partial charge on any atom is 0.338 e. The number of hydrogen-bond acceptors (Lipinski definition) is 5. The first-order chi connectivity index (χ1) is 9.15. The van der Waals surface area contributed by atoms with Crippen LogP contribution in [0.1, 0.15) is 15.9 Å². The summed E-state index contributed by atoms with van der Waals surface area (Å²) in [5.41, 5.74) is 13.5. The number of rotatable bonds is 4. The third-order valence-corrected chi connectivity index (χ3v) is 2.56. The summed E-state index contributed by atoms with van der Waals surface area (Å²) in [7, 11) is 0. The second kappa shape index (κ2) is 5.86. The molecule has 0 saturated carbocycles. The first kappa shape index (κ1) is 12.9. The fraction of sp³-hybridized carbons (Fsp3) is 0.143. The van der Waals surface area contributed by atoms with Crippen LogP contribution in [-0.2, 0) is 11.2 Å². The Morgan fingerprint density at radius 2 is 1.95 bits per heavy atom. The summed E-state index contributed by atoms with van der Waals surface area (Å²) < 4.78 is 5.16. The molecule has 98 valence electrons. The highest BCUT2D eigenvalue weighted by Crippen LogP contribution is 2.14. The van der Waals surface area contributed by atoms with Crippen LogP contribution >= 0.6 is 0 Å². The van der Waals surface area contributed by atoms with Crippen LogP contribution in [0.4, 0.5) is 11.4 Å². The van der Waals surface area contributed by atoms with Gasteiger partial charge in [-0.05, 0) is 29.8 Å². The van der Waals surface area contributed by atoms with Crippen molar-refractivity contribution in [2.75, 3.05) is 18.1 Å². The molecule has 5 heteroatoms. The van der Waals surface area contributed by atoms with Crippen molar-refractivity contribution in [1.29, 1.82) is 0 Å². The second-order valence-corrected chi connectivity index (χ2v) is 4.14. The molecule has 1 heterocycles. The minimum Gasteiger partial charge on any atom is -0.462 e. The van der Waals surface area contributed by atoms with Crippen LogP contribution in [0.5, 0.6) is 0 Å². The number of esters is 1. The van der Waals surface area contributed by atoms with E-state index >= 15 is 0 Å². The van der Waals surface area contributed by atoms with Gasteiger partial charge in [-0.15, -0.1) is 0 Å². The van der Waals surface area contributed by atoms with Gasteiger partial charge < -0.3 is 16.2 Å². The molecular weight excluding hydrogens is 242 g/mol. The minimum absolute atomic E-state index is 0.291. The van der Waals surface area contributed by atoms with E-state index in [9.17, 15) is 4.79 Å². The number of carbonyl (C=O) groups excluding carboxylic acids is 1. The van der Waals surface area contributed by atoms with Crippen molar-refractivity contribution in [3.8, 4) is 0 Å². The maximum atomic E-state index is 11.8. The van der Waals surface area contributed by atoms with Crippen molar-refractivity contribution >= 4 is 17.3 Å². The average Bonchev–Trinajstić information content (AvgIpc) is 2.38. The van der Waals surface area contributed by atoms with Crippen LogP contribution < -0.4 is 11.5 Å². The Kier molecular flexibility index (Phi) is 3.97. The van der Waals surface area contributed by atoms with Gasteiger partial charge in [0, 0.05) is 30.2 Å². The van der Waals surface area contributed by atoms with Crippen LogP contribution in [-0.4, -0.2) is 17.6 Å². The van der Waals surface area contributed by atoms with E-state index in [2.05, 4.69) is 4.98 Å². The van der Waals surface area contributed by atoms with Crippen molar-refractivity contribution in [3.05, 3.63) is 53.9 Å². The van der Waals surface area contributed by atoms with Gasteiger partial charge in [0.25, 0.3) is 0 Å². The van der Waals surface area contributed by atoms with Gasteiger partial charge in [-0.25, -0.2) is 4.79 Å². The number of carbonyl (C=O) groups is 1. The van der Waals surface area contributed by atoms with Crippen LogP contribution in [0.2, 0.25) is 0 Å². The molecule has 0 fully saturated rings. The van der Waals surface area contributed by atoms with Crippen molar-refractivity contribution < 1.29 is 9.53 Å². The van der Waals surface area contributed by atoms with Crippen molar-refractivity contribution in [3.63, 3.8) is 0 Å². The van der Waals surface area contributed by atoms with E-state index in [0.717, 1.165) is 5.56 Å². The van der Waals surface area contributed by atoms with E-state index in [0.29, 0.717) is 30.0 Å². The van der Waals surface area contributed by atoms with Crippen LogP contribution in [0.25, 0.3) is 0 Å². The molecule has 4 N–H and O–H groups in total. The largest absolute Gasteiger partial charge is 0.462 e. The summed E-state index contributed by atoms with van der Waals surface area (Å²) in [6, 6.07) is 8.45. The molecule has 5 nitrogen and oxygen atoms in total. The first-order valence-electron chi connectivity index (χ1n) is 5.87. The Labute approximate surface area is 111 Å². The molecular formula is C14H15N3O2. The van der Waals surface area contributed by atoms with Gasteiger partial charge in [-0.2, -0.15) is 0 Å². The molecule has 0 atom stereocenters. The van der Waals surface area contributed by atoms with E-state index in [1.165, 1.54) is 0 Å². The third kappa shape index (κ3) is 3.70. The van der Waals surface area contributed by atoms with E-state index in [-0.39, 0.29) is 0 Å². The lowest BCUT2D eigenvalue weighted by Crippen LogP contribution is -2.09. The normalized spacial score (nSPS) is 10.1. The van der Waals surface area contributed by atoms with E-state index < -0.39 is 5.97 Å². The maximum absolute atomic E-state index is 11.8. The highest BCUT2D eigenvalue weighted by Gasteiger charge is 2.08. The summed E-state index contributed by atoms with van der Waals surface area (Å²) >= 11 is 0. The van der Waals surface area contributed by atoms with E-state index in [4.69, 9.17) is 16.2 Å². The van der Waals surface area contributed by atoms with Gasteiger partial charge in [0.1, 0.15) is 0 Å². The predicted octanol–water partition coefficient (Wildman–Crippen LogP) is 1.65. The number of nitrogen functional groups attached to an aromatic ring is 2. The van der Waals surface area contributed by atoms with Gasteiger partial charge in [0.15, 0.2) is 0 Å². The molecule has 0 bridgehead atoms. The van der Waals surface area contributed by atoms with Gasteiger partial charge >= 0.3 is 5.97 Å². The van der Waals surface area contributed by atoms with Crippen LogP contribution in [0.15, 0.2) is 42.7 Å². The highest BCUT2D eigenvalue weighted by molar-refractivity contribution is 5.91. The standard InChI is InChI=1S/C14H15N3O2/c15-12-6-11(7-13(16)8-12)14(18)19-5-3-10-2-1-4-17-9-10/h1-2,4,6-9H,3,5,15-16H2. The molecule has 2 rings (SSSR count). The molecule has 0 aliphatic carbocycles. The quantitative estimate of drug-likeness (QED) is 0.642. The molecule has 0 aliphatic heterocycles. The van der Waals surface area contributed by atoms with E-state index in [1.54, 1.807) is 30.6 Å². The monoisotopic (exact) mass is 257 g/mol. The lowest BCUT2D eigenvalue weighted by molar-refractivity contribution is 0.0509. The number of nitrogens with zero attached hydrogens (tertiary/aromatic N) is 1. The molecule has 19 heavy (non-hydrogen) atoms. The summed E-state index contributed by atoms with van der Waals surface area (Å²) in [5, 5.41) is 0. The molecule has 0 radical (unpaired) electrons. The van der Waals surface area contributed by atoms with Crippen molar-refractivity contribution in [2.24, 2.45) is 0 Å². The SMILES string of the molecule is Nc1cc(N)cc(C(=O)OCCc2cccnc2)c1. The Morgan fingerprint density at radius 3 is 2.58 bits per heavy atom. The molecule has 1 aromatic heterocycles. The summed E-state index contributed by atoms with van der Waals surface area (Å²) in [6.07, 6.45) is 4.06. The fourth-order valence-electron chi connectivity index (χ4n) is 1.69. The van der Waals surface area contributed by atoms with Gasteiger partial charge in [-0.1, -0.05) is 6.07 Å². The fourth-order valence-corrected chi connectivity index (χ4v) is 1.69. The first-order valence-corrected chi connectivity index (χ1v) is 5.87. The molecule has 0 aliphatic rings. The van der Waals surface area contributed by atoms with Crippen LogP contribution in [0, 0.1) is 0 Å². The number of hydrogen-bond donors (Lipinski definition) is 2. The second-order valence-electron chi connectivity index (χ2n) is 4.14. The zero-order chi connectivity index (χ0) is 13.7. The Bertz CT molecular complexity index is 550. The molecule has 0 spiro atoms.